The SMILES string of the molecule is COC(=O)c1cccc(COC(=O)c2cc(S(=O)(=O)N3CCc4ccccc43)ccc2OC)c1. The van der Waals surface area contributed by atoms with Crippen molar-refractivity contribution < 1.29 is 32.2 Å². The minimum atomic E-state index is -3.90. The van der Waals surface area contributed by atoms with E-state index in [2.05, 4.69) is 0 Å². The van der Waals surface area contributed by atoms with Gasteiger partial charge in [0.05, 0.1) is 30.4 Å². The zero-order valence-electron chi connectivity index (χ0n) is 18.7. The lowest BCUT2D eigenvalue weighted by molar-refractivity contribution is 0.0468. The first-order chi connectivity index (χ1) is 16.3. The molecule has 0 radical (unpaired) electrons. The molecular formula is C25H23NO7S. The van der Waals surface area contributed by atoms with Crippen LogP contribution >= 0.6 is 0 Å². The van der Waals surface area contributed by atoms with Gasteiger partial charge in [0.15, 0.2) is 0 Å². The molecule has 0 spiro atoms. The maximum absolute atomic E-state index is 13.4. The number of hydrogen-bond donors (Lipinski definition) is 0. The van der Waals surface area contributed by atoms with Crippen LogP contribution in [0.25, 0.3) is 0 Å². The number of hydrogen-bond acceptors (Lipinski definition) is 7. The molecule has 0 unspecified atom stereocenters. The van der Waals surface area contributed by atoms with Crippen molar-refractivity contribution in [2.75, 3.05) is 25.1 Å². The van der Waals surface area contributed by atoms with E-state index in [4.69, 9.17) is 14.2 Å². The highest BCUT2D eigenvalue weighted by molar-refractivity contribution is 7.92. The van der Waals surface area contributed by atoms with Crippen LogP contribution in [0.4, 0.5) is 5.69 Å². The minimum Gasteiger partial charge on any atom is -0.496 e. The molecule has 34 heavy (non-hydrogen) atoms. The van der Waals surface area contributed by atoms with Crippen molar-refractivity contribution in [3.8, 4) is 5.75 Å². The Morgan fingerprint density at radius 1 is 0.941 bits per heavy atom. The summed E-state index contributed by atoms with van der Waals surface area (Å²) in [4.78, 5) is 24.6. The molecule has 3 aromatic carbocycles. The van der Waals surface area contributed by atoms with Crippen molar-refractivity contribution in [1.82, 2.24) is 0 Å². The van der Waals surface area contributed by atoms with E-state index in [1.54, 1.807) is 36.4 Å². The average Bonchev–Trinajstić information content (AvgIpc) is 3.31. The van der Waals surface area contributed by atoms with Crippen LogP contribution in [0.5, 0.6) is 5.75 Å². The van der Waals surface area contributed by atoms with E-state index < -0.39 is 22.0 Å². The molecule has 9 heteroatoms. The molecule has 0 amide bonds. The predicted octanol–water partition coefficient (Wildman–Crippen LogP) is 3.59. The van der Waals surface area contributed by atoms with E-state index in [9.17, 15) is 18.0 Å². The first kappa shape index (κ1) is 23.3. The summed E-state index contributed by atoms with van der Waals surface area (Å²) in [5.41, 5.74) is 2.47. The summed E-state index contributed by atoms with van der Waals surface area (Å²) >= 11 is 0. The number of sulfonamides is 1. The third-order valence-corrected chi connectivity index (χ3v) is 7.35. The fraction of sp³-hybridized carbons (Fsp3) is 0.200. The van der Waals surface area contributed by atoms with Crippen LogP contribution in [-0.4, -0.2) is 41.1 Å². The summed E-state index contributed by atoms with van der Waals surface area (Å²) < 4.78 is 43.4. The fourth-order valence-electron chi connectivity index (χ4n) is 3.82. The van der Waals surface area contributed by atoms with Gasteiger partial charge in [-0.05, 0) is 53.9 Å². The summed E-state index contributed by atoms with van der Waals surface area (Å²) in [5, 5.41) is 0. The molecule has 1 aliphatic rings. The van der Waals surface area contributed by atoms with Gasteiger partial charge in [-0.3, -0.25) is 4.31 Å². The molecule has 1 heterocycles. The van der Waals surface area contributed by atoms with E-state index >= 15 is 0 Å². The normalized spacial score (nSPS) is 12.7. The number of methoxy groups -OCH3 is 2. The summed E-state index contributed by atoms with van der Waals surface area (Å²) in [7, 11) is -1.23. The molecule has 0 fully saturated rings. The number of esters is 2. The predicted molar refractivity (Wildman–Crippen MR) is 125 cm³/mol. The summed E-state index contributed by atoms with van der Waals surface area (Å²) in [6.07, 6.45) is 0.616. The van der Waals surface area contributed by atoms with Gasteiger partial charge in [-0.25, -0.2) is 18.0 Å². The summed E-state index contributed by atoms with van der Waals surface area (Å²) in [6, 6.07) is 17.9. The molecule has 8 nitrogen and oxygen atoms in total. The molecule has 0 N–H and O–H groups in total. The first-order valence-corrected chi connectivity index (χ1v) is 11.9. The van der Waals surface area contributed by atoms with Gasteiger partial charge in [0.2, 0.25) is 0 Å². The van der Waals surface area contributed by atoms with Crippen LogP contribution in [0.15, 0.2) is 71.6 Å². The van der Waals surface area contributed by atoms with E-state index in [-0.39, 0.29) is 22.8 Å². The van der Waals surface area contributed by atoms with Crippen molar-refractivity contribution in [3.05, 3.63) is 89.0 Å². The minimum absolute atomic E-state index is 0.0137. The summed E-state index contributed by atoms with van der Waals surface area (Å²) in [5.74, 6) is -1.07. The Kier molecular flexibility index (Phi) is 6.56. The number of carbonyl (C=O) groups is 2. The van der Waals surface area contributed by atoms with Gasteiger partial charge in [0.25, 0.3) is 10.0 Å². The Bertz CT molecular complexity index is 1350. The van der Waals surface area contributed by atoms with Crippen LogP contribution in [0, 0.1) is 0 Å². The number of carbonyl (C=O) groups excluding carboxylic acids is 2. The Hall–Kier alpha value is -3.85. The third-order valence-electron chi connectivity index (χ3n) is 5.54. The van der Waals surface area contributed by atoms with E-state index in [0.29, 0.717) is 29.8 Å². The molecule has 176 valence electrons. The number of nitrogens with zero attached hydrogens (tertiary/aromatic N) is 1. The van der Waals surface area contributed by atoms with Crippen molar-refractivity contribution in [3.63, 3.8) is 0 Å². The first-order valence-electron chi connectivity index (χ1n) is 10.5. The Morgan fingerprint density at radius 3 is 2.50 bits per heavy atom. The molecule has 0 atom stereocenters. The number of anilines is 1. The Balaban J connectivity index is 1.58. The van der Waals surface area contributed by atoms with Crippen LogP contribution < -0.4 is 9.04 Å². The van der Waals surface area contributed by atoms with Gasteiger partial charge in [-0.2, -0.15) is 0 Å². The van der Waals surface area contributed by atoms with Crippen molar-refractivity contribution >= 4 is 27.6 Å². The summed E-state index contributed by atoms with van der Waals surface area (Å²) in [6.45, 7) is 0.202. The van der Waals surface area contributed by atoms with E-state index in [1.165, 1.54) is 36.7 Å². The smallest absolute Gasteiger partial charge is 0.342 e. The quantitative estimate of drug-likeness (QED) is 0.476. The van der Waals surface area contributed by atoms with Crippen molar-refractivity contribution in [2.24, 2.45) is 0 Å². The molecule has 0 aliphatic carbocycles. The maximum atomic E-state index is 13.4. The van der Waals surface area contributed by atoms with Gasteiger partial charge in [-0.1, -0.05) is 30.3 Å². The van der Waals surface area contributed by atoms with Crippen LogP contribution in [0.2, 0.25) is 0 Å². The van der Waals surface area contributed by atoms with Gasteiger partial charge >= 0.3 is 11.9 Å². The highest BCUT2D eigenvalue weighted by atomic mass is 32.2. The molecule has 4 rings (SSSR count). The average molecular weight is 482 g/mol. The molecule has 0 aromatic heterocycles. The second-order valence-electron chi connectivity index (χ2n) is 7.59. The lowest BCUT2D eigenvalue weighted by Gasteiger charge is -2.20. The molecule has 1 aliphatic heterocycles. The molecule has 3 aromatic rings. The number of rotatable bonds is 7. The number of para-hydroxylation sites is 1. The van der Waals surface area contributed by atoms with E-state index in [0.717, 1.165) is 5.56 Å². The maximum Gasteiger partial charge on any atom is 0.342 e. The second-order valence-corrected chi connectivity index (χ2v) is 9.45. The zero-order valence-corrected chi connectivity index (χ0v) is 19.5. The van der Waals surface area contributed by atoms with Crippen LogP contribution in [0.1, 0.15) is 31.8 Å². The highest BCUT2D eigenvalue weighted by Crippen LogP contribution is 2.34. The van der Waals surface area contributed by atoms with Gasteiger partial charge in [0.1, 0.15) is 17.9 Å². The van der Waals surface area contributed by atoms with Crippen LogP contribution in [0.3, 0.4) is 0 Å². The monoisotopic (exact) mass is 481 g/mol. The van der Waals surface area contributed by atoms with Gasteiger partial charge < -0.3 is 14.2 Å². The van der Waals surface area contributed by atoms with E-state index in [1.807, 2.05) is 12.1 Å². The molecular weight excluding hydrogens is 458 g/mol. The van der Waals surface area contributed by atoms with Gasteiger partial charge in [0, 0.05) is 6.54 Å². The largest absolute Gasteiger partial charge is 0.496 e. The molecule has 0 bridgehead atoms. The highest BCUT2D eigenvalue weighted by Gasteiger charge is 2.31. The van der Waals surface area contributed by atoms with Crippen LogP contribution in [-0.2, 0) is 32.5 Å². The van der Waals surface area contributed by atoms with Gasteiger partial charge in [-0.15, -0.1) is 0 Å². The fourth-order valence-corrected chi connectivity index (χ4v) is 5.35. The second kappa shape index (κ2) is 9.56. The number of fused-ring (bicyclic) bond motifs is 1. The zero-order chi connectivity index (χ0) is 24.3. The molecule has 0 saturated heterocycles. The third kappa shape index (κ3) is 4.47. The van der Waals surface area contributed by atoms with Crippen molar-refractivity contribution in [2.45, 2.75) is 17.9 Å². The lowest BCUT2D eigenvalue weighted by Crippen LogP contribution is -2.29. The van der Waals surface area contributed by atoms with Crippen molar-refractivity contribution in [1.29, 1.82) is 0 Å². The number of ether oxygens (including phenoxy) is 3. The Labute approximate surface area is 197 Å². The Morgan fingerprint density at radius 2 is 1.74 bits per heavy atom. The molecule has 0 saturated carbocycles. The lowest BCUT2D eigenvalue weighted by atomic mass is 10.1. The number of benzene rings is 3. The topological polar surface area (TPSA) is 99.2 Å². The standard InChI is InChI=1S/C25H23NO7S/c1-31-23-11-10-20(34(29,30)26-13-12-18-7-3-4-9-22(18)26)15-21(23)25(28)33-16-17-6-5-8-19(14-17)24(27)32-2/h3-11,14-15H,12-13,16H2,1-2H3.